The third-order valence-corrected chi connectivity index (χ3v) is 5.01. The van der Waals surface area contributed by atoms with E-state index < -0.39 is 5.97 Å². The van der Waals surface area contributed by atoms with Gasteiger partial charge in [0.15, 0.2) is 0 Å². The fourth-order valence-electron chi connectivity index (χ4n) is 2.90. The number of dihydropyridines is 1. The average Bonchev–Trinajstić information content (AvgIpc) is 2.59. The predicted octanol–water partition coefficient (Wildman–Crippen LogP) is 4.74. The number of fused-ring (bicyclic) bond motifs is 1. The molecule has 130 valence electrons. The molecule has 0 bridgehead atoms. The molecule has 0 radical (unpaired) electrons. The Labute approximate surface area is 152 Å². The van der Waals surface area contributed by atoms with Gasteiger partial charge in [0, 0.05) is 29.0 Å². The number of hydrogen-bond donors (Lipinski definition) is 1. The van der Waals surface area contributed by atoms with E-state index in [1.165, 1.54) is 5.57 Å². The number of aliphatic carboxylic acids is 1. The van der Waals surface area contributed by atoms with Crippen LogP contribution in [0.5, 0.6) is 0 Å². The van der Waals surface area contributed by atoms with E-state index in [-0.39, 0.29) is 12.3 Å². The quantitative estimate of drug-likeness (QED) is 0.749. The Morgan fingerprint density at radius 2 is 2.20 bits per heavy atom. The summed E-state index contributed by atoms with van der Waals surface area (Å²) < 4.78 is 0. The number of hydrogen-bond acceptors (Lipinski definition) is 4. The predicted molar refractivity (Wildman–Crippen MR) is 103 cm³/mol. The summed E-state index contributed by atoms with van der Waals surface area (Å²) in [5, 5.41) is 10.4. The Morgan fingerprint density at radius 3 is 2.96 bits per heavy atom. The lowest BCUT2D eigenvalue weighted by atomic mass is 9.87. The van der Waals surface area contributed by atoms with Crippen molar-refractivity contribution in [3.8, 4) is 0 Å². The summed E-state index contributed by atoms with van der Waals surface area (Å²) in [7, 11) is 0. The molecule has 1 aliphatic heterocycles. The first kappa shape index (κ1) is 17.7. The van der Waals surface area contributed by atoms with E-state index in [2.05, 4.69) is 49.2 Å². The van der Waals surface area contributed by atoms with Gasteiger partial charge in [-0.1, -0.05) is 32.1 Å². The molecule has 1 aromatic heterocycles. The zero-order chi connectivity index (χ0) is 17.8. The van der Waals surface area contributed by atoms with Crippen molar-refractivity contribution in [2.75, 3.05) is 0 Å². The number of carboxylic acids is 1. The van der Waals surface area contributed by atoms with Crippen molar-refractivity contribution in [2.24, 2.45) is 10.9 Å². The van der Waals surface area contributed by atoms with E-state index in [4.69, 9.17) is 10.1 Å². The fraction of sp³-hybridized carbons (Fsp3) is 0.350. The van der Waals surface area contributed by atoms with Crippen LogP contribution in [-0.2, 0) is 4.79 Å². The highest BCUT2D eigenvalue weighted by atomic mass is 32.2. The SMILES string of the molecule is CC(C)Sc1cccc(C2=CC=C3N=C(CCC(=O)O)C=CC3C2)n1. The highest BCUT2D eigenvalue weighted by Crippen LogP contribution is 2.35. The van der Waals surface area contributed by atoms with Crippen molar-refractivity contribution < 1.29 is 9.90 Å². The molecule has 0 aromatic carbocycles. The molecular formula is C20H22N2O2S. The van der Waals surface area contributed by atoms with Gasteiger partial charge >= 0.3 is 5.97 Å². The van der Waals surface area contributed by atoms with Crippen LogP contribution in [0.2, 0.25) is 0 Å². The number of aliphatic imine (C=N–C) groups is 1. The van der Waals surface area contributed by atoms with Crippen molar-refractivity contribution in [3.63, 3.8) is 0 Å². The Morgan fingerprint density at radius 1 is 1.36 bits per heavy atom. The minimum Gasteiger partial charge on any atom is -0.481 e. The molecule has 1 unspecified atom stereocenters. The maximum atomic E-state index is 10.7. The smallest absolute Gasteiger partial charge is 0.303 e. The molecule has 0 amide bonds. The summed E-state index contributed by atoms with van der Waals surface area (Å²) in [5.74, 6) is -0.542. The van der Waals surface area contributed by atoms with E-state index in [0.717, 1.165) is 28.5 Å². The average molecular weight is 354 g/mol. The molecule has 2 aliphatic rings. The first-order chi connectivity index (χ1) is 12.0. The number of pyridine rings is 1. The minimum atomic E-state index is -0.789. The standard InChI is InChI=1S/C20H22N2O2S/c1-13(2)25-19-5-3-4-17(22-19)15-7-10-18-14(12-15)6-8-16(21-18)9-11-20(23)24/h3-8,10,13-14H,9,11-12H2,1-2H3,(H,23,24). The van der Waals surface area contributed by atoms with Crippen LogP contribution >= 0.6 is 11.8 Å². The molecule has 0 saturated carbocycles. The lowest BCUT2D eigenvalue weighted by molar-refractivity contribution is -0.136. The zero-order valence-electron chi connectivity index (χ0n) is 14.5. The zero-order valence-corrected chi connectivity index (χ0v) is 15.3. The molecule has 5 heteroatoms. The lowest BCUT2D eigenvalue weighted by Crippen LogP contribution is -2.13. The van der Waals surface area contributed by atoms with Crippen molar-refractivity contribution in [3.05, 3.63) is 53.9 Å². The van der Waals surface area contributed by atoms with Gasteiger partial charge in [0.1, 0.15) is 0 Å². The number of allylic oxidation sites excluding steroid dienone is 5. The normalized spacial score (nSPS) is 19.2. The summed E-state index contributed by atoms with van der Waals surface area (Å²) in [4.78, 5) is 20.1. The third-order valence-electron chi connectivity index (χ3n) is 4.07. The van der Waals surface area contributed by atoms with Crippen LogP contribution in [0.4, 0.5) is 0 Å². The van der Waals surface area contributed by atoms with Crippen LogP contribution < -0.4 is 0 Å². The number of rotatable bonds is 6. The largest absolute Gasteiger partial charge is 0.481 e. The topological polar surface area (TPSA) is 62.5 Å². The number of carbonyl (C=O) groups is 1. The third kappa shape index (κ3) is 4.69. The van der Waals surface area contributed by atoms with Gasteiger partial charge in [-0.2, -0.15) is 0 Å². The van der Waals surface area contributed by atoms with Gasteiger partial charge < -0.3 is 5.11 Å². The molecule has 1 aromatic rings. The maximum Gasteiger partial charge on any atom is 0.303 e. The summed E-state index contributed by atoms with van der Waals surface area (Å²) in [6.07, 6.45) is 9.70. The van der Waals surface area contributed by atoms with Crippen molar-refractivity contribution >= 4 is 29.0 Å². The lowest BCUT2D eigenvalue weighted by Gasteiger charge is -2.23. The second-order valence-corrected chi connectivity index (χ2v) is 8.07. The van der Waals surface area contributed by atoms with Crippen LogP contribution in [0.3, 0.4) is 0 Å². The van der Waals surface area contributed by atoms with Gasteiger partial charge in [0.25, 0.3) is 0 Å². The molecular weight excluding hydrogens is 332 g/mol. The van der Waals surface area contributed by atoms with Gasteiger partial charge in [-0.05, 0) is 36.3 Å². The van der Waals surface area contributed by atoms with Crippen LogP contribution in [0.15, 0.2) is 58.2 Å². The second-order valence-electron chi connectivity index (χ2n) is 6.48. The van der Waals surface area contributed by atoms with Gasteiger partial charge in [-0.15, -0.1) is 11.8 Å². The van der Waals surface area contributed by atoms with Gasteiger partial charge in [-0.3, -0.25) is 9.79 Å². The highest BCUT2D eigenvalue weighted by Gasteiger charge is 2.21. The Balaban J connectivity index is 1.77. The van der Waals surface area contributed by atoms with E-state index >= 15 is 0 Å². The van der Waals surface area contributed by atoms with Crippen LogP contribution in [0, 0.1) is 5.92 Å². The molecule has 0 fully saturated rings. The Hall–Kier alpha value is -2.14. The van der Waals surface area contributed by atoms with E-state index in [0.29, 0.717) is 11.7 Å². The van der Waals surface area contributed by atoms with Crippen molar-refractivity contribution in [1.29, 1.82) is 0 Å². The van der Waals surface area contributed by atoms with E-state index in [1.807, 2.05) is 12.2 Å². The Kier molecular flexibility index (Phi) is 5.53. The maximum absolute atomic E-state index is 10.7. The molecule has 1 atom stereocenters. The summed E-state index contributed by atoms with van der Waals surface area (Å²) in [6.45, 7) is 4.33. The summed E-state index contributed by atoms with van der Waals surface area (Å²) in [5.41, 5.74) is 4.10. The first-order valence-corrected chi connectivity index (χ1v) is 9.41. The first-order valence-electron chi connectivity index (χ1n) is 8.53. The molecule has 2 heterocycles. The number of nitrogens with zero attached hydrogens (tertiary/aromatic N) is 2. The summed E-state index contributed by atoms with van der Waals surface area (Å²) >= 11 is 1.77. The van der Waals surface area contributed by atoms with Gasteiger partial charge in [0.05, 0.1) is 17.1 Å². The number of thioether (sulfide) groups is 1. The molecule has 25 heavy (non-hydrogen) atoms. The second kappa shape index (κ2) is 7.83. The van der Waals surface area contributed by atoms with Crippen LogP contribution in [-0.4, -0.2) is 27.0 Å². The molecule has 0 spiro atoms. The van der Waals surface area contributed by atoms with Crippen LogP contribution in [0.25, 0.3) is 5.57 Å². The van der Waals surface area contributed by atoms with Crippen molar-refractivity contribution in [2.45, 2.75) is 43.4 Å². The Bertz CT molecular complexity index is 791. The molecule has 1 aliphatic carbocycles. The number of aromatic nitrogens is 1. The molecule has 0 saturated heterocycles. The minimum absolute atomic E-state index is 0.117. The summed E-state index contributed by atoms with van der Waals surface area (Å²) in [6, 6.07) is 6.17. The van der Waals surface area contributed by atoms with Crippen molar-refractivity contribution in [1.82, 2.24) is 4.98 Å². The van der Waals surface area contributed by atoms with Gasteiger partial charge in [0.2, 0.25) is 0 Å². The van der Waals surface area contributed by atoms with E-state index in [1.54, 1.807) is 11.8 Å². The van der Waals surface area contributed by atoms with Gasteiger partial charge in [-0.25, -0.2) is 4.98 Å². The molecule has 1 N–H and O–H groups in total. The highest BCUT2D eigenvalue weighted by molar-refractivity contribution is 7.99. The molecule has 3 rings (SSSR count). The monoisotopic (exact) mass is 354 g/mol. The fourth-order valence-corrected chi connectivity index (χ4v) is 3.69. The van der Waals surface area contributed by atoms with Crippen LogP contribution in [0.1, 0.15) is 38.8 Å². The molecule has 4 nitrogen and oxygen atoms in total. The van der Waals surface area contributed by atoms with E-state index in [9.17, 15) is 4.79 Å². The number of carboxylic acid groups (broad SMARTS) is 1.